The van der Waals surface area contributed by atoms with Crippen molar-refractivity contribution in [3.05, 3.63) is 291 Å². The summed E-state index contributed by atoms with van der Waals surface area (Å²) in [6, 6.07) is 102. The highest BCUT2D eigenvalue weighted by atomic mass is 32.1. The Hall–Kier alpha value is -10.7. The van der Waals surface area contributed by atoms with Gasteiger partial charge in [-0.3, -0.25) is 0 Å². The summed E-state index contributed by atoms with van der Waals surface area (Å²) in [5.41, 5.74) is 12.9. The molecule has 0 fully saturated rings. The van der Waals surface area contributed by atoms with Crippen LogP contribution in [0.4, 0.5) is 0 Å². The Kier molecular flexibility index (Phi) is 13.4. The first kappa shape index (κ1) is 51.9. The fourth-order valence-electron chi connectivity index (χ4n) is 11.7. The molecule has 6 nitrogen and oxygen atoms in total. The van der Waals surface area contributed by atoms with Crippen LogP contribution < -0.4 is 0 Å². The highest BCUT2D eigenvalue weighted by Gasteiger charge is 2.20. The molecule has 17 aromatic rings. The third kappa shape index (κ3) is 9.89. The molecular weight excluding hydrogens is 1120 g/mol. The Bertz CT molecular complexity index is 5150. The van der Waals surface area contributed by atoms with E-state index < -0.39 is 0 Å². The molecule has 12 aromatic carbocycles. The standard InChI is InChI=1S/C45H27N3S2.C33H21N3S/c1-3-13-28(14-4-1)43-46-44(29-15-5-2-6-16-29)48-45(47-43)32-26-30(33-19-11-21-37-35-17-7-9-23-39(35)49-41(33)37)25-31(27-32)34-20-12-22-38-36-18-8-10-24-40(36)50-42(34)38;1-3-10-23(11-4-1)31-34-32(24-12-5-2-6-13-24)36-33(35-31)25-20-18-22(19-21-25)26-15-9-16-28-27-14-7-8-17-29(27)37-30(26)28/h1-27H;1-21H. The summed E-state index contributed by atoms with van der Waals surface area (Å²) in [4.78, 5) is 29.8. The largest absolute Gasteiger partial charge is 0.208 e. The number of hydrogen-bond acceptors (Lipinski definition) is 9. The monoisotopic (exact) mass is 1160 g/mol. The Morgan fingerprint density at radius 3 is 0.747 bits per heavy atom. The summed E-state index contributed by atoms with van der Waals surface area (Å²) < 4.78 is 7.77. The van der Waals surface area contributed by atoms with Crippen LogP contribution in [0.15, 0.2) is 291 Å². The van der Waals surface area contributed by atoms with Gasteiger partial charge in [0.05, 0.1) is 0 Å². The molecule has 5 heterocycles. The normalized spacial score (nSPS) is 11.4. The third-order valence-electron chi connectivity index (χ3n) is 15.9. The first-order valence-electron chi connectivity index (χ1n) is 28.8. The summed E-state index contributed by atoms with van der Waals surface area (Å²) >= 11 is 5.55. The number of fused-ring (bicyclic) bond motifs is 9. The van der Waals surface area contributed by atoms with Gasteiger partial charge in [0.1, 0.15) is 0 Å². The SMILES string of the molecule is c1ccc(-c2nc(-c3ccccc3)nc(-c3cc(-c4cccc5c4sc4ccccc45)cc(-c4cccc5c4sc4ccccc45)c3)n2)cc1.c1ccc(-c2nc(-c3ccccc3)nc(-c3ccc(-c4cccc5c4sc4ccccc45)cc3)n2)cc1. The molecule has 0 atom stereocenters. The fourth-order valence-corrected chi connectivity index (χ4v) is 15.4. The van der Waals surface area contributed by atoms with Crippen molar-refractivity contribution < 1.29 is 0 Å². The van der Waals surface area contributed by atoms with E-state index in [1.807, 2.05) is 131 Å². The van der Waals surface area contributed by atoms with Crippen molar-refractivity contribution in [3.63, 3.8) is 0 Å². The van der Waals surface area contributed by atoms with Gasteiger partial charge in [0, 0.05) is 93.9 Å². The molecule has 0 N–H and O–H groups in total. The summed E-state index contributed by atoms with van der Waals surface area (Å²) in [5, 5.41) is 7.75. The molecule has 0 aliphatic rings. The molecule has 0 amide bonds. The smallest absolute Gasteiger partial charge is 0.164 e. The highest BCUT2D eigenvalue weighted by Crippen LogP contribution is 2.46. The Balaban J connectivity index is 0.000000147. The zero-order chi connectivity index (χ0) is 57.6. The van der Waals surface area contributed by atoms with Gasteiger partial charge in [-0.25, -0.2) is 29.9 Å². The van der Waals surface area contributed by atoms with Crippen LogP contribution in [0.3, 0.4) is 0 Å². The lowest BCUT2D eigenvalue weighted by molar-refractivity contribution is 1.07. The third-order valence-corrected chi connectivity index (χ3v) is 19.5. The highest BCUT2D eigenvalue weighted by molar-refractivity contribution is 7.27. The van der Waals surface area contributed by atoms with Gasteiger partial charge in [-0.05, 0) is 69.8 Å². The molecule has 87 heavy (non-hydrogen) atoms. The van der Waals surface area contributed by atoms with Gasteiger partial charge < -0.3 is 0 Å². The lowest BCUT2D eigenvalue weighted by atomic mass is 9.94. The maximum atomic E-state index is 5.15. The van der Waals surface area contributed by atoms with E-state index in [2.05, 4.69) is 194 Å². The molecule has 408 valence electrons. The minimum Gasteiger partial charge on any atom is -0.208 e. The molecule has 0 aliphatic carbocycles. The molecule has 0 unspecified atom stereocenters. The molecule has 5 aromatic heterocycles. The Morgan fingerprint density at radius 2 is 0.414 bits per heavy atom. The van der Waals surface area contributed by atoms with Crippen molar-refractivity contribution in [3.8, 4) is 102 Å². The van der Waals surface area contributed by atoms with Crippen molar-refractivity contribution in [1.82, 2.24) is 29.9 Å². The Morgan fingerprint density at radius 1 is 0.172 bits per heavy atom. The van der Waals surface area contributed by atoms with Gasteiger partial charge in [0.25, 0.3) is 0 Å². The average Bonchev–Trinajstić information content (AvgIpc) is 2.25. The second-order valence-corrected chi connectivity index (χ2v) is 24.5. The number of aromatic nitrogens is 6. The Labute approximate surface area is 513 Å². The van der Waals surface area contributed by atoms with Gasteiger partial charge in [-0.15, -0.1) is 34.0 Å². The van der Waals surface area contributed by atoms with Crippen LogP contribution >= 0.6 is 34.0 Å². The topological polar surface area (TPSA) is 77.3 Å². The quantitative estimate of drug-likeness (QED) is 0.143. The second-order valence-electron chi connectivity index (χ2n) is 21.3. The minimum atomic E-state index is 0.646. The summed E-state index contributed by atoms with van der Waals surface area (Å²) in [7, 11) is 0. The number of rotatable bonds is 9. The van der Waals surface area contributed by atoms with Crippen LogP contribution in [0, 0.1) is 0 Å². The zero-order valence-electron chi connectivity index (χ0n) is 46.6. The van der Waals surface area contributed by atoms with E-state index in [1.165, 1.54) is 82.8 Å². The second kappa shape index (κ2) is 22.4. The molecule has 0 saturated carbocycles. The van der Waals surface area contributed by atoms with Crippen LogP contribution in [0.2, 0.25) is 0 Å². The summed E-state index contributed by atoms with van der Waals surface area (Å²) in [6.45, 7) is 0. The van der Waals surface area contributed by atoms with E-state index in [4.69, 9.17) is 29.9 Å². The van der Waals surface area contributed by atoms with E-state index in [0.717, 1.165) is 44.5 Å². The lowest BCUT2D eigenvalue weighted by Crippen LogP contribution is -2.00. The van der Waals surface area contributed by atoms with Crippen molar-refractivity contribution in [2.75, 3.05) is 0 Å². The van der Waals surface area contributed by atoms with Gasteiger partial charge in [-0.2, -0.15) is 0 Å². The zero-order valence-corrected chi connectivity index (χ0v) is 49.1. The molecule has 9 heteroatoms. The van der Waals surface area contributed by atoms with E-state index in [9.17, 15) is 0 Å². The van der Waals surface area contributed by atoms with Crippen molar-refractivity contribution in [1.29, 1.82) is 0 Å². The van der Waals surface area contributed by atoms with E-state index >= 15 is 0 Å². The molecule has 0 saturated heterocycles. The van der Waals surface area contributed by atoms with Crippen LogP contribution in [0.5, 0.6) is 0 Å². The van der Waals surface area contributed by atoms with Gasteiger partial charge >= 0.3 is 0 Å². The summed E-state index contributed by atoms with van der Waals surface area (Å²) in [5.74, 6) is 3.96. The molecule has 0 spiro atoms. The molecule has 17 rings (SSSR count). The molecular formula is C78H48N6S3. The fraction of sp³-hybridized carbons (Fsp3) is 0. The number of benzene rings is 12. The molecule has 0 radical (unpaired) electrons. The van der Waals surface area contributed by atoms with E-state index in [-0.39, 0.29) is 0 Å². The molecule has 0 bridgehead atoms. The van der Waals surface area contributed by atoms with Crippen molar-refractivity contribution >= 4 is 94.5 Å². The van der Waals surface area contributed by atoms with Crippen molar-refractivity contribution in [2.24, 2.45) is 0 Å². The number of thiophene rings is 3. The minimum absolute atomic E-state index is 0.646. The van der Waals surface area contributed by atoms with Crippen molar-refractivity contribution in [2.45, 2.75) is 0 Å². The predicted octanol–water partition coefficient (Wildman–Crippen LogP) is 21.8. The maximum absolute atomic E-state index is 5.15. The van der Waals surface area contributed by atoms with Crippen LogP contribution in [0.25, 0.3) is 162 Å². The maximum Gasteiger partial charge on any atom is 0.164 e. The number of hydrogen-bond donors (Lipinski definition) is 0. The van der Waals surface area contributed by atoms with Gasteiger partial charge in [0.2, 0.25) is 0 Å². The van der Waals surface area contributed by atoms with Gasteiger partial charge in [0.15, 0.2) is 34.9 Å². The van der Waals surface area contributed by atoms with Crippen LogP contribution in [0.1, 0.15) is 0 Å². The van der Waals surface area contributed by atoms with E-state index in [1.54, 1.807) is 0 Å². The van der Waals surface area contributed by atoms with Crippen LogP contribution in [-0.4, -0.2) is 29.9 Å². The average molecular weight is 1170 g/mol. The van der Waals surface area contributed by atoms with Crippen LogP contribution in [-0.2, 0) is 0 Å². The molecule has 0 aliphatic heterocycles. The number of nitrogens with zero attached hydrogens (tertiary/aromatic N) is 6. The van der Waals surface area contributed by atoms with Gasteiger partial charge in [-0.1, -0.05) is 255 Å². The first-order chi connectivity index (χ1) is 43.1. The van der Waals surface area contributed by atoms with E-state index in [0.29, 0.717) is 34.9 Å². The summed E-state index contributed by atoms with van der Waals surface area (Å²) in [6.07, 6.45) is 0. The first-order valence-corrected chi connectivity index (χ1v) is 31.3. The predicted molar refractivity (Wildman–Crippen MR) is 367 cm³/mol. The lowest BCUT2D eigenvalue weighted by Gasteiger charge is -2.13.